The summed E-state index contributed by atoms with van der Waals surface area (Å²) in [6, 6.07) is 12.2. The highest BCUT2D eigenvalue weighted by Crippen LogP contribution is 2.44. The lowest BCUT2D eigenvalue weighted by Crippen LogP contribution is -2.41. The minimum atomic E-state index is -1.88. The van der Waals surface area contributed by atoms with Crippen molar-refractivity contribution in [1.29, 1.82) is 0 Å². The van der Waals surface area contributed by atoms with Crippen LogP contribution in [0.4, 0.5) is 0 Å². The fourth-order valence-electron chi connectivity index (χ4n) is 7.59. The molecule has 0 amide bonds. The van der Waals surface area contributed by atoms with Crippen molar-refractivity contribution >= 4 is 81.0 Å². The fourth-order valence-corrected chi connectivity index (χ4v) is 9.82. The predicted molar refractivity (Wildman–Crippen MR) is 313 cm³/mol. The molecule has 7 heterocycles. The van der Waals surface area contributed by atoms with Crippen LogP contribution in [0.5, 0.6) is 0 Å². The van der Waals surface area contributed by atoms with Crippen molar-refractivity contribution in [1.82, 2.24) is 39.5 Å². The SMILES string of the molecule is CC(C)(C)[Si](C)(C)OCc1cncc(-n2ncc3ccc(Br)cc32)n1.CC1(C)OB(B2OC(C)(C)C(C)(C)O2)OC1(C)C.CC1(C)OB(c2ccc3cnn(-c4cncc(CO[Si](C)(C)C(C)(C)C)n4)c3c2)OC1(C)C. The Labute approximate surface area is 463 Å². The Morgan fingerprint density at radius 3 is 1.24 bits per heavy atom. The molecular formula is C54H82B3BrN8O8Si2. The average molecular weight is 1140 g/mol. The summed E-state index contributed by atoms with van der Waals surface area (Å²) in [5.74, 6) is 1.36. The second kappa shape index (κ2) is 21.1. The first kappa shape index (κ1) is 60.0. The van der Waals surface area contributed by atoms with Gasteiger partial charge in [-0.15, -0.1) is 0 Å². The van der Waals surface area contributed by atoms with Gasteiger partial charge in [-0.1, -0.05) is 75.7 Å². The van der Waals surface area contributed by atoms with Gasteiger partial charge in [-0.25, -0.2) is 19.3 Å². The van der Waals surface area contributed by atoms with Crippen LogP contribution in [0.2, 0.25) is 36.3 Å². The lowest BCUT2D eigenvalue weighted by Gasteiger charge is -2.36. The molecule has 9 rings (SSSR count). The number of aromatic nitrogens is 8. The van der Waals surface area contributed by atoms with Crippen molar-refractivity contribution in [3.05, 3.63) is 89.4 Å². The molecule has 410 valence electrons. The summed E-state index contributed by atoms with van der Waals surface area (Å²) in [6.45, 7) is 47.7. The summed E-state index contributed by atoms with van der Waals surface area (Å²) in [6.07, 6.45) is 10.6. The molecule has 0 unspecified atom stereocenters. The van der Waals surface area contributed by atoms with Gasteiger partial charge >= 0.3 is 21.1 Å². The van der Waals surface area contributed by atoms with Crippen LogP contribution in [0, 0.1) is 0 Å². The van der Waals surface area contributed by atoms with Gasteiger partial charge in [-0.2, -0.15) is 10.2 Å². The van der Waals surface area contributed by atoms with E-state index < -0.39 is 49.0 Å². The Bertz CT molecular complexity index is 2950. The second-order valence-corrected chi connectivity index (χ2v) is 36.8. The van der Waals surface area contributed by atoms with E-state index in [1.165, 1.54) is 0 Å². The molecule has 0 N–H and O–H groups in total. The van der Waals surface area contributed by atoms with E-state index in [0.29, 0.717) is 24.8 Å². The quantitative estimate of drug-likeness (QED) is 0.119. The smallest absolute Gasteiger partial charge is 0.411 e. The molecule has 4 aromatic heterocycles. The van der Waals surface area contributed by atoms with Crippen LogP contribution >= 0.6 is 15.9 Å². The van der Waals surface area contributed by atoms with Crippen molar-refractivity contribution in [2.75, 3.05) is 0 Å². The van der Waals surface area contributed by atoms with Gasteiger partial charge in [0.1, 0.15) is 0 Å². The van der Waals surface area contributed by atoms with Crippen molar-refractivity contribution in [2.24, 2.45) is 0 Å². The maximum Gasteiger partial charge on any atom is 0.494 e. The molecule has 3 aliphatic heterocycles. The molecule has 2 aromatic carbocycles. The third-order valence-electron chi connectivity index (χ3n) is 17.0. The molecule has 3 fully saturated rings. The summed E-state index contributed by atoms with van der Waals surface area (Å²) in [4.78, 5) is 18.2. The summed E-state index contributed by atoms with van der Waals surface area (Å²) in [5.41, 5.74) is 2.26. The van der Waals surface area contributed by atoms with Crippen molar-refractivity contribution in [3.63, 3.8) is 0 Å². The van der Waals surface area contributed by atoms with Crippen LogP contribution in [-0.2, 0) is 50.0 Å². The molecule has 0 atom stereocenters. The molecule has 0 aliphatic carbocycles. The van der Waals surface area contributed by atoms with E-state index >= 15 is 0 Å². The highest BCUT2D eigenvalue weighted by atomic mass is 79.9. The van der Waals surface area contributed by atoms with Gasteiger partial charge < -0.3 is 36.8 Å². The number of fused-ring (bicyclic) bond motifs is 2. The lowest BCUT2D eigenvalue weighted by molar-refractivity contribution is 0.00578. The Kier molecular flexibility index (Phi) is 16.6. The van der Waals surface area contributed by atoms with Gasteiger partial charge in [0.25, 0.3) is 0 Å². The molecule has 3 aliphatic rings. The summed E-state index contributed by atoms with van der Waals surface area (Å²) in [5, 5.41) is 11.4. The largest absolute Gasteiger partial charge is 0.494 e. The van der Waals surface area contributed by atoms with Crippen LogP contribution in [0.25, 0.3) is 33.4 Å². The average Bonchev–Trinajstić information content (AvgIpc) is 4.07. The maximum atomic E-state index is 6.34. The molecule has 6 aromatic rings. The predicted octanol–water partition coefficient (Wildman–Crippen LogP) is 12.0. The maximum absolute atomic E-state index is 6.34. The zero-order valence-electron chi connectivity index (χ0n) is 49.3. The minimum absolute atomic E-state index is 0.139. The Hall–Kier alpha value is -3.67. The van der Waals surface area contributed by atoms with Gasteiger partial charge in [0.2, 0.25) is 0 Å². The molecule has 22 heteroatoms. The van der Waals surface area contributed by atoms with Crippen LogP contribution < -0.4 is 5.46 Å². The number of benzene rings is 2. The summed E-state index contributed by atoms with van der Waals surface area (Å²) < 4.78 is 53.6. The third-order valence-corrected chi connectivity index (χ3v) is 26.4. The van der Waals surface area contributed by atoms with E-state index in [0.717, 1.165) is 43.1 Å². The van der Waals surface area contributed by atoms with Gasteiger partial charge in [-0.3, -0.25) is 9.97 Å². The molecule has 0 spiro atoms. The Morgan fingerprint density at radius 1 is 0.500 bits per heavy atom. The monoisotopic (exact) mass is 1140 g/mol. The van der Waals surface area contributed by atoms with E-state index in [9.17, 15) is 0 Å². The minimum Gasteiger partial charge on any atom is -0.411 e. The Morgan fingerprint density at radius 2 is 0.855 bits per heavy atom. The molecule has 3 saturated heterocycles. The molecule has 0 bridgehead atoms. The van der Waals surface area contributed by atoms with E-state index in [-0.39, 0.29) is 32.5 Å². The first-order chi connectivity index (χ1) is 34.8. The van der Waals surface area contributed by atoms with Gasteiger partial charge in [0.05, 0.1) is 106 Å². The molecule has 0 radical (unpaired) electrons. The van der Waals surface area contributed by atoms with E-state index in [1.54, 1.807) is 24.8 Å². The van der Waals surface area contributed by atoms with Crippen LogP contribution in [-0.4, -0.2) is 111 Å². The van der Waals surface area contributed by atoms with Gasteiger partial charge in [0.15, 0.2) is 28.3 Å². The van der Waals surface area contributed by atoms with Crippen LogP contribution in [0.15, 0.2) is 78.1 Å². The highest BCUT2D eigenvalue weighted by Gasteiger charge is 2.64. The second-order valence-electron chi connectivity index (χ2n) is 26.3. The highest BCUT2D eigenvalue weighted by molar-refractivity contribution is 9.10. The van der Waals surface area contributed by atoms with Crippen molar-refractivity contribution in [2.45, 2.75) is 208 Å². The fraction of sp³-hybridized carbons (Fsp3) is 0.593. The number of rotatable bonds is 10. The first-order valence-electron chi connectivity index (χ1n) is 26.3. The zero-order valence-corrected chi connectivity index (χ0v) is 52.9. The van der Waals surface area contributed by atoms with Crippen LogP contribution in [0.1, 0.15) is 136 Å². The summed E-state index contributed by atoms with van der Waals surface area (Å²) in [7, 11) is -5.08. The van der Waals surface area contributed by atoms with E-state index in [1.807, 2.05) is 107 Å². The topological polar surface area (TPSA) is 161 Å². The molecule has 0 saturated carbocycles. The normalized spacial score (nSPS) is 19.7. The van der Waals surface area contributed by atoms with E-state index in [4.69, 9.17) is 46.7 Å². The molecular weight excluding hydrogens is 1060 g/mol. The number of hydrogen-bond donors (Lipinski definition) is 0. The number of halogens is 1. The molecule has 16 nitrogen and oxygen atoms in total. The Balaban J connectivity index is 0.000000174. The van der Waals surface area contributed by atoms with Crippen molar-refractivity contribution in [3.8, 4) is 11.6 Å². The standard InChI is InChI=1S/C24H35BN4O3Si.C18H23BrN4OSi.C12H24B2O4/c1-22(2,3)33(8,9)30-16-19-14-26-15-21(28-19)29-20-12-18(11-10-17(20)13-27-29)25-31-23(4,5)24(6,7)32-25;1-18(2,3)25(4,5)24-12-15-10-20-11-17(22-15)23-16-8-14(19)7-6-13(16)9-21-23;1-9(2)10(3,4)16-13(15-9)14-17-11(5,6)12(7,8)18-14/h10-15H,16H2,1-9H3;6-11H,12H2,1-5H3;1-8H3. The first-order valence-corrected chi connectivity index (χ1v) is 32.9. The number of hydrogen-bond acceptors (Lipinski definition) is 14. The third kappa shape index (κ3) is 12.7. The lowest BCUT2D eigenvalue weighted by atomic mass is 9.49. The van der Waals surface area contributed by atoms with Crippen molar-refractivity contribution < 1.29 is 36.8 Å². The van der Waals surface area contributed by atoms with E-state index in [2.05, 4.69) is 138 Å². The van der Waals surface area contributed by atoms with Gasteiger partial charge in [-0.05, 0) is 143 Å². The van der Waals surface area contributed by atoms with Gasteiger partial charge in [0, 0.05) is 15.2 Å². The summed E-state index contributed by atoms with van der Waals surface area (Å²) >= 11 is 3.51. The zero-order chi connectivity index (χ0) is 56.5. The van der Waals surface area contributed by atoms with Crippen LogP contribution in [0.3, 0.4) is 0 Å². The molecule has 76 heavy (non-hydrogen) atoms. The number of nitrogens with zero attached hydrogens (tertiary/aromatic N) is 8.